The molecule has 7 heteroatoms. The van der Waals surface area contributed by atoms with Gasteiger partial charge in [0.05, 0.1) is 18.0 Å². The van der Waals surface area contributed by atoms with E-state index in [1.807, 2.05) is 19.1 Å². The molecule has 0 radical (unpaired) electrons. The maximum absolute atomic E-state index is 12.1. The van der Waals surface area contributed by atoms with Crippen LogP contribution < -0.4 is 0 Å². The van der Waals surface area contributed by atoms with Crippen LogP contribution in [0, 0.1) is 6.92 Å². The maximum Gasteiger partial charge on any atom is 0.233 e. The molecule has 0 atom stereocenters. The third-order valence-electron chi connectivity index (χ3n) is 3.08. The number of aryl methyl sites for hydroxylation is 1. The first-order chi connectivity index (χ1) is 10.5. The van der Waals surface area contributed by atoms with Crippen molar-refractivity contribution in [1.29, 1.82) is 0 Å². The van der Waals surface area contributed by atoms with Gasteiger partial charge >= 0.3 is 0 Å². The van der Waals surface area contributed by atoms with Crippen molar-refractivity contribution in [3.63, 3.8) is 0 Å². The van der Waals surface area contributed by atoms with Crippen molar-refractivity contribution < 1.29 is 9.32 Å². The lowest BCUT2D eigenvalue weighted by Crippen LogP contribution is -2.27. The average molecular weight is 320 g/mol. The predicted molar refractivity (Wildman–Crippen MR) is 84.6 cm³/mol. The van der Waals surface area contributed by atoms with E-state index in [4.69, 9.17) is 4.52 Å². The first-order valence-corrected chi connectivity index (χ1v) is 8.06. The second kappa shape index (κ2) is 7.40. The predicted octanol–water partition coefficient (Wildman–Crippen LogP) is 2.65. The molecule has 2 aromatic heterocycles. The quantitative estimate of drug-likeness (QED) is 0.602. The summed E-state index contributed by atoms with van der Waals surface area (Å²) in [5.41, 5.74) is 1.79. The molecule has 2 rings (SSSR count). The van der Waals surface area contributed by atoms with Crippen LogP contribution in [0.15, 0.2) is 28.0 Å². The summed E-state index contributed by atoms with van der Waals surface area (Å²) in [6, 6.07) is 3.72. The van der Waals surface area contributed by atoms with E-state index in [9.17, 15) is 4.79 Å². The molecule has 0 unspecified atom stereocenters. The molecule has 0 aromatic carbocycles. The second-order valence-corrected chi connectivity index (χ2v) is 6.33. The van der Waals surface area contributed by atoms with Crippen molar-refractivity contribution in [2.24, 2.45) is 0 Å². The smallest absolute Gasteiger partial charge is 0.233 e. The summed E-state index contributed by atoms with van der Waals surface area (Å²) < 4.78 is 5.25. The normalized spacial score (nSPS) is 11.0. The Labute approximate surface area is 134 Å². The lowest BCUT2D eigenvalue weighted by atomic mass is 10.1. The molecule has 0 aliphatic carbocycles. The Morgan fingerprint density at radius 2 is 2.23 bits per heavy atom. The number of hydrogen-bond donors (Lipinski definition) is 0. The lowest BCUT2D eigenvalue weighted by molar-refractivity contribution is -0.127. The number of hydrogen-bond acceptors (Lipinski definition) is 6. The highest BCUT2D eigenvalue weighted by atomic mass is 32.2. The molecule has 0 fully saturated rings. The first kappa shape index (κ1) is 16.5. The molecule has 0 saturated carbocycles. The van der Waals surface area contributed by atoms with Gasteiger partial charge in [0.25, 0.3) is 0 Å². The van der Waals surface area contributed by atoms with Gasteiger partial charge in [0.1, 0.15) is 0 Å². The number of nitrogens with zero attached hydrogens (tertiary/aromatic N) is 4. The van der Waals surface area contributed by atoms with Crippen molar-refractivity contribution in [3.8, 4) is 0 Å². The van der Waals surface area contributed by atoms with E-state index >= 15 is 0 Å². The molecule has 0 aliphatic rings. The van der Waals surface area contributed by atoms with E-state index in [0.29, 0.717) is 29.1 Å². The standard InChI is InChI=1S/C15H20N4O2S/c1-10(2)13-7-12(21-18-13)8-19(4)14(20)9-22-15-16-6-5-11(3)17-15/h5-7,10H,8-9H2,1-4H3. The summed E-state index contributed by atoms with van der Waals surface area (Å²) in [7, 11) is 1.75. The molecule has 1 amide bonds. The van der Waals surface area contributed by atoms with E-state index in [-0.39, 0.29) is 5.91 Å². The minimum absolute atomic E-state index is 0.00222. The van der Waals surface area contributed by atoms with Crippen LogP contribution in [-0.4, -0.2) is 38.7 Å². The van der Waals surface area contributed by atoms with Gasteiger partial charge in [0.15, 0.2) is 10.9 Å². The Balaban J connectivity index is 1.86. The SMILES string of the molecule is Cc1ccnc(SCC(=O)N(C)Cc2cc(C(C)C)no2)n1. The second-order valence-electron chi connectivity index (χ2n) is 5.39. The van der Waals surface area contributed by atoms with E-state index in [0.717, 1.165) is 11.4 Å². The van der Waals surface area contributed by atoms with Crippen molar-refractivity contribution in [1.82, 2.24) is 20.0 Å². The van der Waals surface area contributed by atoms with Crippen LogP contribution in [0.5, 0.6) is 0 Å². The number of aromatic nitrogens is 3. The molecule has 2 aromatic rings. The summed E-state index contributed by atoms with van der Waals surface area (Å²) in [6.45, 7) is 6.41. The molecule has 0 N–H and O–H groups in total. The van der Waals surface area contributed by atoms with Gasteiger partial charge in [-0.15, -0.1) is 0 Å². The highest BCUT2D eigenvalue weighted by Gasteiger charge is 2.14. The Kier molecular flexibility index (Phi) is 5.54. The van der Waals surface area contributed by atoms with Gasteiger partial charge in [-0.25, -0.2) is 9.97 Å². The minimum Gasteiger partial charge on any atom is -0.359 e. The molecule has 22 heavy (non-hydrogen) atoms. The number of amides is 1. The van der Waals surface area contributed by atoms with E-state index in [1.165, 1.54) is 11.8 Å². The maximum atomic E-state index is 12.1. The summed E-state index contributed by atoms with van der Waals surface area (Å²) in [6.07, 6.45) is 1.70. The highest BCUT2D eigenvalue weighted by molar-refractivity contribution is 7.99. The van der Waals surface area contributed by atoms with E-state index in [2.05, 4.69) is 29.0 Å². The Bertz CT molecular complexity index is 642. The van der Waals surface area contributed by atoms with Gasteiger partial charge in [-0.1, -0.05) is 30.8 Å². The highest BCUT2D eigenvalue weighted by Crippen LogP contribution is 2.16. The van der Waals surface area contributed by atoms with Crippen molar-refractivity contribution in [2.75, 3.05) is 12.8 Å². The van der Waals surface area contributed by atoms with Crippen molar-refractivity contribution >= 4 is 17.7 Å². The first-order valence-electron chi connectivity index (χ1n) is 7.07. The van der Waals surface area contributed by atoms with Gasteiger partial charge in [-0.3, -0.25) is 4.79 Å². The number of rotatable bonds is 6. The zero-order valence-electron chi connectivity index (χ0n) is 13.2. The zero-order valence-corrected chi connectivity index (χ0v) is 14.1. The minimum atomic E-state index is -0.00222. The topological polar surface area (TPSA) is 72.1 Å². The third kappa shape index (κ3) is 4.56. The van der Waals surface area contributed by atoms with Crippen LogP contribution in [-0.2, 0) is 11.3 Å². The molecular weight excluding hydrogens is 300 g/mol. The van der Waals surface area contributed by atoms with Gasteiger partial charge in [0, 0.05) is 25.0 Å². The van der Waals surface area contributed by atoms with Crippen LogP contribution in [0.4, 0.5) is 0 Å². The lowest BCUT2D eigenvalue weighted by Gasteiger charge is -2.14. The summed E-state index contributed by atoms with van der Waals surface area (Å²) in [4.78, 5) is 22.1. The number of carbonyl (C=O) groups is 1. The molecule has 6 nitrogen and oxygen atoms in total. The molecule has 0 spiro atoms. The molecule has 0 bridgehead atoms. The van der Waals surface area contributed by atoms with Gasteiger partial charge in [-0.2, -0.15) is 0 Å². The third-order valence-corrected chi connectivity index (χ3v) is 3.93. The van der Waals surface area contributed by atoms with Gasteiger partial charge in [-0.05, 0) is 18.9 Å². The average Bonchev–Trinajstić information content (AvgIpc) is 2.93. The Morgan fingerprint density at radius 3 is 2.86 bits per heavy atom. The van der Waals surface area contributed by atoms with Crippen molar-refractivity contribution in [3.05, 3.63) is 35.5 Å². The van der Waals surface area contributed by atoms with Crippen LogP contribution >= 0.6 is 11.8 Å². The van der Waals surface area contributed by atoms with Gasteiger partial charge in [0.2, 0.25) is 5.91 Å². The fourth-order valence-electron chi connectivity index (χ4n) is 1.73. The fourth-order valence-corrected chi connectivity index (χ4v) is 2.55. The number of carbonyl (C=O) groups excluding carboxylic acids is 1. The van der Waals surface area contributed by atoms with Gasteiger partial charge < -0.3 is 9.42 Å². The Hall–Kier alpha value is -1.89. The van der Waals surface area contributed by atoms with Crippen LogP contribution in [0.2, 0.25) is 0 Å². The zero-order chi connectivity index (χ0) is 16.1. The largest absolute Gasteiger partial charge is 0.359 e. The molecule has 0 aliphatic heterocycles. The monoisotopic (exact) mass is 320 g/mol. The Morgan fingerprint density at radius 1 is 1.45 bits per heavy atom. The molecule has 118 valence electrons. The van der Waals surface area contributed by atoms with E-state index < -0.39 is 0 Å². The molecular formula is C15H20N4O2S. The summed E-state index contributed by atoms with van der Waals surface area (Å²) >= 11 is 1.33. The number of thioether (sulfide) groups is 1. The van der Waals surface area contributed by atoms with Crippen LogP contribution in [0.3, 0.4) is 0 Å². The molecule has 2 heterocycles. The molecule has 0 saturated heterocycles. The summed E-state index contributed by atoms with van der Waals surface area (Å²) in [5, 5.41) is 4.61. The van der Waals surface area contributed by atoms with Crippen molar-refractivity contribution in [2.45, 2.75) is 38.4 Å². The fraction of sp³-hybridized carbons (Fsp3) is 0.467. The van der Waals surface area contributed by atoms with E-state index in [1.54, 1.807) is 18.1 Å². The van der Waals surface area contributed by atoms with Crippen LogP contribution in [0.1, 0.15) is 36.9 Å². The summed E-state index contributed by atoms with van der Waals surface area (Å²) in [5.74, 6) is 1.30. The van der Waals surface area contributed by atoms with Crippen LogP contribution in [0.25, 0.3) is 0 Å².